The van der Waals surface area contributed by atoms with Gasteiger partial charge in [0.1, 0.15) is 0 Å². The molecule has 0 fully saturated rings. The molecule has 0 unspecified atom stereocenters. The average molecular weight is 229 g/mol. The molecule has 13 heavy (non-hydrogen) atoms. The molecule has 0 aromatic heterocycles. The summed E-state index contributed by atoms with van der Waals surface area (Å²) in [7, 11) is -4.49. The van der Waals surface area contributed by atoms with Crippen LogP contribution < -0.4 is 10.3 Å². The zero-order valence-corrected chi connectivity index (χ0v) is 6.94. The average Bonchev–Trinajstić information content (AvgIpc) is 1.91. The van der Waals surface area contributed by atoms with Crippen LogP contribution in [0, 0.1) is 0 Å². The number of para-hydroxylation sites is 2. The molecule has 0 aliphatic carbocycles. The molecule has 0 amide bonds. The molecular formula is C6H9KNO4P. The normalized spacial score (nSPS) is 10.3. The van der Waals surface area contributed by atoms with E-state index < -0.39 is 7.82 Å². The van der Waals surface area contributed by atoms with Crippen LogP contribution in [0.25, 0.3) is 0 Å². The van der Waals surface area contributed by atoms with Gasteiger partial charge < -0.3 is 10.3 Å². The third-order valence-corrected chi connectivity index (χ3v) is 1.57. The summed E-state index contributed by atoms with van der Waals surface area (Å²) >= 11 is 0. The Morgan fingerprint density at radius 2 is 1.85 bits per heavy atom. The number of nitrogen functional groups attached to an aromatic ring is 1. The molecule has 1 rings (SSSR count). The van der Waals surface area contributed by atoms with E-state index in [1.54, 1.807) is 12.1 Å². The summed E-state index contributed by atoms with van der Waals surface area (Å²) in [6.07, 6.45) is 0. The van der Waals surface area contributed by atoms with Crippen molar-refractivity contribution in [2.75, 3.05) is 5.73 Å². The molecule has 0 atom stereocenters. The summed E-state index contributed by atoms with van der Waals surface area (Å²) in [5.74, 6) is -0.00849. The number of anilines is 1. The van der Waals surface area contributed by atoms with Crippen LogP contribution in [-0.2, 0) is 4.57 Å². The van der Waals surface area contributed by atoms with Gasteiger partial charge in [0.2, 0.25) is 0 Å². The quantitative estimate of drug-likeness (QED) is 0.380. The van der Waals surface area contributed by atoms with E-state index in [0.29, 0.717) is 0 Å². The first-order valence-electron chi connectivity index (χ1n) is 3.09. The van der Waals surface area contributed by atoms with Crippen molar-refractivity contribution in [3.63, 3.8) is 0 Å². The molecule has 0 saturated heterocycles. The molecule has 0 saturated carbocycles. The third-order valence-electron chi connectivity index (χ3n) is 1.14. The summed E-state index contributed by atoms with van der Waals surface area (Å²) in [5.41, 5.74) is 5.55. The summed E-state index contributed by atoms with van der Waals surface area (Å²) in [4.78, 5) is 16.9. The number of nitrogens with two attached hydrogens (primary N) is 1. The fourth-order valence-corrected chi connectivity index (χ4v) is 1.11. The van der Waals surface area contributed by atoms with Crippen molar-refractivity contribution in [1.82, 2.24) is 0 Å². The van der Waals surface area contributed by atoms with Gasteiger partial charge in [0.25, 0.3) is 0 Å². The van der Waals surface area contributed by atoms with Crippen LogP contribution in [0.2, 0.25) is 0 Å². The van der Waals surface area contributed by atoms with Crippen LogP contribution in [0.3, 0.4) is 0 Å². The van der Waals surface area contributed by atoms with Crippen molar-refractivity contribution >= 4 is 64.9 Å². The zero-order valence-electron chi connectivity index (χ0n) is 6.04. The monoisotopic (exact) mass is 229 g/mol. The van der Waals surface area contributed by atoms with Crippen molar-refractivity contribution in [2.24, 2.45) is 0 Å². The minimum atomic E-state index is -4.49. The molecule has 1 aromatic rings. The predicted molar refractivity (Wildman–Crippen MR) is 50.7 cm³/mol. The fourth-order valence-electron chi connectivity index (χ4n) is 0.692. The minimum absolute atomic E-state index is 0. The molecule has 0 radical (unpaired) electrons. The molecule has 0 aliphatic rings. The van der Waals surface area contributed by atoms with Gasteiger partial charge in [-0.2, -0.15) is 0 Å². The molecule has 0 aliphatic heterocycles. The van der Waals surface area contributed by atoms with E-state index in [4.69, 9.17) is 15.5 Å². The van der Waals surface area contributed by atoms with Crippen molar-refractivity contribution in [1.29, 1.82) is 0 Å². The van der Waals surface area contributed by atoms with E-state index in [2.05, 4.69) is 4.52 Å². The second kappa shape index (κ2) is 5.48. The number of hydrogen-bond donors (Lipinski definition) is 3. The fraction of sp³-hybridized carbons (Fsp3) is 0. The maximum atomic E-state index is 10.4. The van der Waals surface area contributed by atoms with Crippen LogP contribution in [0.15, 0.2) is 24.3 Å². The molecule has 0 spiro atoms. The van der Waals surface area contributed by atoms with Crippen LogP contribution >= 0.6 is 7.82 Å². The van der Waals surface area contributed by atoms with Crippen molar-refractivity contribution in [3.8, 4) is 5.75 Å². The number of phosphoric acid groups is 1. The molecule has 7 heteroatoms. The molecule has 4 N–H and O–H groups in total. The Morgan fingerprint density at radius 1 is 1.31 bits per heavy atom. The van der Waals surface area contributed by atoms with Gasteiger partial charge in [0, 0.05) is 0 Å². The van der Waals surface area contributed by atoms with Gasteiger partial charge in [0.15, 0.2) is 5.75 Å². The number of rotatable bonds is 2. The van der Waals surface area contributed by atoms with Crippen molar-refractivity contribution < 1.29 is 18.9 Å². The van der Waals surface area contributed by atoms with Crippen LogP contribution in [0.1, 0.15) is 0 Å². The van der Waals surface area contributed by atoms with Crippen LogP contribution in [-0.4, -0.2) is 61.2 Å². The van der Waals surface area contributed by atoms with E-state index in [1.807, 2.05) is 0 Å². The Morgan fingerprint density at radius 3 is 2.31 bits per heavy atom. The van der Waals surface area contributed by atoms with E-state index in [1.165, 1.54) is 12.1 Å². The summed E-state index contributed by atoms with van der Waals surface area (Å²) in [6, 6.07) is 6.09. The van der Waals surface area contributed by atoms with E-state index >= 15 is 0 Å². The number of benzene rings is 1. The number of phosphoric ester groups is 1. The molecular weight excluding hydrogens is 220 g/mol. The summed E-state index contributed by atoms with van der Waals surface area (Å²) < 4.78 is 14.6. The molecule has 1 aromatic carbocycles. The Hall–Kier alpha value is 0.606. The van der Waals surface area contributed by atoms with Crippen LogP contribution in [0.5, 0.6) is 5.75 Å². The molecule has 0 heterocycles. The maximum absolute atomic E-state index is 10.4. The van der Waals surface area contributed by atoms with Gasteiger partial charge in [-0.05, 0) is 12.1 Å². The van der Waals surface area contributed by atoms with Gasteiger partial charge >= 0.3 is 59.2 Å². The Kier molecular flexibility index (Phi) is 5.73. The molecule has 68 valence electrons. The Balaban J connectivity index is 0.00000144. The van der Waals surface area contributed by atoms with Gasteiger partial charge in [-0.1, -0.05) is 12.1 Å². The first-order chi connectivity index (χ1) is 5.49. The SMILES string of the molecule is Nc1ccccc1OP(=O)(O)O.[KH]. The van der Waals surface area contributed by atoms with E-state index in [9.17, 15) is 4.57 Å². The first kappa shape index (κ1) is 13.6. The number of hydrogen-bond acceptors (Lipinski definition) is 3. The van der Waals surface area contributed by atoms with Crippen molar-refractivity contribution in [2.45, 2.75) is 0 Å². The Bertz CT molecular complexity index is 326. The summed E-state index contributed by atoms with van der Waals surface area (Å²) in [5, 5.41) is 0. The van der Waals surface area contributed by atoms with Crippen molar-refractivity contribution in [3.05, 3.63) is 24.3 Å². The van der Waals surface area contributed by atoms with Gasteiger partial charge in [-0.25, -0.2) is 4.57 Å². The van der Waals surface area contributed by atoms with Gasteiger partial charge in [0.05, 0.1) is 5.69 Å². The molecule has 0 bridgehead atoms. The summed E-state index contributed by atoms with van der Waals surface area (Å²) in [6.45, 7) is 0. The van der Waals surface area contributed by atoms with Gasteiger partial charge in [-0.15, -0.1) is 0 Å². The van der Waals surface area contributed by atoms with E-state index in [-0.39, 0.29) is 62.8 Å². The second-order valence-electron chi connectivity index (χ2n) is 2.12. The predicted octanol–water partition coefficient (Wildman–Crippen LogP) is 0.0918. The topological polar surface area (TPSA) is 92.8 Å². The second-order valence-corrected chi connectivity index (χ2v) is 3.28. The third kappa shape index (κ3) is 5.14. The van der Waals surface area contributed by atoms with E-state index in [0.717, 1.165) is 0 Å². The standard InChI is InChI=1S/C6H8NO4P.K.H/c7-5-3-1-2-4-6(5)11-12(8,9)10;;/h1-4H,7H2,(H2,8,9,10);;. The zero-order chi connectivity index (χ0) is 9.19. The Labute approximate surface area is 118 Å². The molecule has 5 nitrogen and oxygen atoms in total. The van der Waals surface area contributed by atoms with Gasteiger partial charge in [-0.3, -0.25) is 9.79 Å². The first-order valence-corrected chi connectivity index (χ1v) is 4.62. The van der Waals surface area contributed by atoms with Crippen LogP contribution in [0.4, 0.5) is 5.69 Å².